The number of aromatic nitrogens is 2. The monoisotopic (exact) mass is 295 g/mol. The molecule has 5 nitrogen and oxygen atoms in total. The van der Waals surface area contributed by atoms with Crippen molar-refractivity contribution in [1.29, 1.82) is 0 Å². The molecule has 0 saturated carbocycles. The summed E-state index contributed by atoms with van der Waals surface area (Å²) in [6.07, 6.45) is 5.37. The number of fused-ring (bicyclic) bond motifs is 1. The van der Waals surface area contributed by atoms with Gasteiger partial charge in [-0.15, -0.1) is 0 Å². The third-order valence-corrected chi connectivity index (χ3v) is 3.50. The molecule has 0 saturated heterocycles. The van der Waals surface area contributed by atoms with Crippen molar-refractivity contribution in [3.8, 4) is 5.75 Å². The first-order valence-electron chi connectivity index (χ1n) is 7.05. The number of amides is 1. The molecule has 0 radical (unpaired) electrons. The number of ether oxygens (including phenoxy) is 1. The van der Waals surface area contributed by atoms with Crippen molar-refractivity contribution in [3.63, 3.8) is 0 Å². The smallest absolute Gasteiger partial charge is 0.240 e. The zero-order valence-electron chi connectivity index (χ0n) is 12.3. The summed E-state index contributed by atoms with van der Waals surface area (Å²) in [6.45, 7) is 0.774. The molecule has 1 aromatic carbocycles. The molecular formula is C17H17N3O2. The Hall–Kier alpha value is -2.82. The van der Waals surface area contributed by atoms with Crippen molar-refractivity contribution < 1.29 is 9.53 Å². The number of carbonyl (C=O) groups is 1. The molecule has 0 aliphatic carbocycles. The standard InChI is InChI=1S/C17H17N3O2/c1-22-15-4-5-16-14(9-15)6-8-20(16)12-17(21)19-11-13-3-2-7-18-10-13/h2-10H,11-12H2,1H3,(H,19,21). The lowest BCUT2D eigenvalue weighted by Gasteiger charge is -2.08. The number of methoxy groups -OCH3 is 1. The van der Waals surface area contributed by atoms with Gasteiger partial charge >= 0.3 is 0 Å². The van der Waals surface area contributed by atoms with Gasteiger partial charge in [-0.05, 0) is 35.9 Å². The van der Waals surface area contributed by atoms with Crippen LogP contribution in [0.4, 0.5) is 0 Å². The average molecular weight is 295 g/mol. The summed E-state index contributed by atoms with van der Waals surface area (Å²) in [5, 5.41) is 3.96. The lowest BCUT2D eigenvalue weighted by atomic mass is 10.2. The Morgan fingerprint density at radius 1 is 1.32 bits per heavy atom. The van der Waals surface area contributed by atoms with E-state index in [1.54, 1.807) is 19.5 Å². The number of rotatable bonds is 5. The maximum atomic E-state index is 12.1. The van der Waals surface area contributed by atoms with E-state index in [-0.39, 0.29) is 12.5 Å². The first-order chi connectivity index (χ1) is 10.8. The number of benzene rings is 1. The largest absolute Gasteiger partial charge is 0.497 e. The zero-order valence-corrected chi connectivity index (χ0v) is 12.3. The predicted octanol–water partition coefficient (Wildman–Crippen LogP) is 2.36. The van der Waals surface area contributed by atoms with Gasteiger partial charge in [-0.25, -0.2) is 0 Å². The van der Waals surface area contributed by atoms with Crippen LogP contribution < -0.4 is 10.1 Å². The van der Waals surface area contributed by atoms with Gasteiger partial charge in [0.15, 0.2) is 0 Å². The molecule has 1 amide bonds. The maximum absolute atomic E-state index is 12.1. The van der Waals surface area contributed by atoms with Crippen LogP contribution in [0.2, 0.25) is 0 Å². The highest BCUT2D eigenvalue weighted by Gasteiger charge is 2.07. The summed E-state index contributed by atoms with van der Waals surface area (Å²) in [5.74, 6) is 0.781. The number of nitrogens with one attached hydrogen (secondary N) is 1. The van der Waals surface area contributed by atoms with Gasteiger partial charge in [0.25, 0.3) is 0 Å². The summed E-state index contributed by atoms with van der Waals surface area (Å²) in [5.41, 5.74) is 2.00. The molecule has 3 aromatic rings. The van der Waals surface area contributed by atoms with Crippen molar-refractivity contribution in [3.05, 3.63) is 60.6 Å². The van der Waals surface area contributed by atoms with E-state index in [0.717, 1.165) is 22.2 Å². The van der Waals surface area contributed by atoms with Crippen LogP contribution in [0.1, 0.15) is 5.56 Å². The van der Waals surface area contributed by atoms with E-state index in [9.17, 15) is 4.79 Å². The molecule has 1 N–H and O–H groups in total. The van der Waals surface area contributed by atoms with E-state index >= 15 is 0 Å². The predicted molar refractivity (Wildman–Crippen MR) is 84.6 cm³/mol. The van der Waals surface area contributed by atoms with E-state index < -0.39 is 0 Å². The number of pyridine rings is 1. The Balaban J connectivity index is 1.66. The van der Waals surface area contributed by atoms with E-state index in [1.807, 2.05) is 47.2 Å². The first kappa shape index (κ1) is 14.1. The Morgan fingerprint density at radius 2 is 2.23 bits per heavy atom. The van der Waals surface area contributed by atoms with Crippen LogP contribution in [0, 0.1) is 0 Å². The summed E-state index contributed by atoms with van der Waals surface area (Å²) in [6, 6.07) is 11.6. The molecule has 0 aliphatic heterocycles. The third kappa shape index (κ3) is 3.09. The van der Waals surface area contributed by atoms with E-state index in [1.165, 1.54) is 0 Å². The molecule has 2 aromatic heterocycles. The second-order valence-corrected chi connectivity index (χ2v) is 5.01. The summed E-state index contributed by atoms with van der Waals surface area (Å²) >= 11 is 0. The highest BCUT2D eigenvalue weighted by Crippen LogP contribution is 2.21. The van der Waals surface area contributed by atoms with Crippen LogP contribution in [-0.2, 0) is 17.9 Å². The van der Waals surface area contributed by atoms with Crippen molar-refractivity contribution in [2.75, 3.05) is 7.11 Å². The van der Waals surface area contributed by atoms with E-state index in [0.29, 0.717) is 6.54 Å². The van der Waals surface area contributed by atoms with Crippen LogP contribution in [0.5, 0.6) is 5.75 Å². The molecule has 0 aliphatic rings. The minimum absolute atomic E-state index is 0.0304. The van der Waals surface area contributed by atoms with Crippen molar-refractivity contribution >= 4 is 16.8 Å². The zero-order chi connectivity index (χ0) is 15.4. The number of hydrogen-bond donors (Lipinski definition) is 1. The van der Waals surface area contributed by atoms with Gasteiger partial charge in [-0.3, -0.25) is 9.78 Å². The van der Waals surface area contributed by atoms with Crippen LogP contribution in [0.25, 0.3) is 10.9 Å². The van der Waals surface area contributed by atoms with Crippen LogP contribution in [0.15, 0.2) is 55.0 Å². The van der Waals surface area contributed by atoms with Gasteiger partial charge in [-0.1, -0.05) is 6.07 Å². The van der Waals surface area contributed by atoms with Crippen molar-refractivity contribution in [2.45, 2.75) is 13.1 Å². The quantitative estimate of drug-likeness (QED) is 0.786. The fraction of sp³-hybridized carbons (Fsp3) is 0.176. The van der Waals surface area contributed by atoms with Gasteiger partial charge in [0.1, 0.15) is 12.3 Å². The lowest BCUT2D eigenvalue weighted by Crippen LogP contribution is -2.26. The second kappa shape index (κ2) is 6.30. The first-order valence-corrected chi connectivity index (χ1v) is 7.05. The number of hydrogen-bond acceptors (Lipinski definition) is 3. The topological polar surface area (TPSA) is 56.1 Å². The molecule has 0 unspecified atom stereocenters. The molecule has 0 atom stereocenters. The Morgan fingerprint density at radius 3 is 3.00 bits per heavy atom. The maximum Gasteiger partial charge on any atom is 0.240 e. The Bertz CT molecular complexity index is 781. The average Bonchev–Trinajstić information content (AvgIpc) is 2.96. The molecule has 2 heterocycles. The van der Waals surface area contributed by atoms with E-state index in [2.05, 4.69) is 10.3 Å². The van der Waals surface area contributed by atoms with Crippen LogP contribution in [0.3, 0.4) is 0 Å². The van der Waals surface area contributed by atoms with Gasteiger partial charge in [0, 0.05) is 36.0 Å². The fourth-order valence-corrected chi connectivity index (χ4v) is 2.36. The van der Waals surface area contributed by atoms with Gasteiger partial charge in [0.05, 0.1) is 7.11 Å². The number of nitrogens with zero attached hydrogens (tertiary/aromatic N) is 2. The SMILES string of the molecule is COc1ccc2c(ccn2CC(=O)NCc2cccnc2)c1. The van der Waals surface area contributed by atoms with Crippen LogP contribution >= 0.6 is 0 Å². The van der Waals surface area contributed by atoms with Gasteiger partial charge in [0.2, 0.25) is 5.91 Å². The molecule has 0 spiro atoms. The third-order valence-electron chi connectivity index (χ3n) is 3.50. The second-order valence-electron chi connectivity index (χ2n) is 5.01. The Kier molecular flexibility index (Phi) is 4.05. The molecule has 22 heavy (non-hydrogen) atoms. The molecule has 3 rings (SSSR count). The summed E-state index contributed by atoms with van der Waals surface area (Å²) < 4.78 is 7.13. The van der Waals surface area contributed by atoms with Crippen LogP contribution in [-0.4, -0.2) is 22.6 Å². The molecule has 0 bridgehead atoms. The lowest BCUT2D eigenvalue weighted by molar-refractivity contribution is -0.121. The molecule has 112 valence electrons. The van der Waals surface area contributed by atoms with Crippen molar-refractivity contribution in [1.82, 2.24) is 14.9 Å². The highest BCUT2D eigenvalue weighted by molar-refractivity contribution is 5.84. The fourth-order valence-electron chi connectivity index (χ4n) is 2.36. The normalized spacial score (nSPS) is 10.6. The molecule has 5 heteroatoms. The Labute approximate surface area is 128 Å². The van der Waals surface area contributed by atoms with Crippen molar-refractivity contribution in [2.24, 2.45) is 0 Å². The summed E-state index contributed by atoms with van der Waals surface area (Å²) in [7, 11) is 1.64. The minimum atomic E-state index is -0.0304. The van der Waals surface area contributed by atoms with Gasteiger partial charge in [-0.2, -0.15) is 0 Å². The molecular weight excluding hydrogens is 278 g/mol. The molecule has 0 fully saturated rings. The number of carbonyl (C=O) groups excluding carboxylic acids is 1. The van der Waals surface area contributed by atoms with E-state index in [4.69, 9.17) is 4.74 Å². The highest BCUT2D eigenvalue weighted by atomic mass is 16.5. The minimum Gasteiger partial charge on any atom is -0.497 e. The van der Waals surface area contributed by atoms with Gasteiger partial charge < -0.3 is 14.6 Å². The summed E-state index contributed by atoms with van der Waals surface area (Å²) in [4.78, 5) is 16.1.